The van der Waals surface area contributed by atoms with Gasteiger partial charge in [-0.25, -0.2) is 0 Å². The molecular weight excluding hydrogens is 250 g/mol. The van der Waals surface area contributed by atoms with Crippen molar-refractivity contribution in [2.75, 3.05) is 13.2 Å². The van der Waals surface area contributed by atoms with E-state index in [0.29, 0.717) is 13.0 Å². The third-order valence-electron chi connectivity index (χ3n) is 3.86. The van der Waals surface area contributed by atoms with Crippen molar-refractivity contribution >= 4 is 5.91 Å². The van der Waals surface area contributed by atoms with Crippen LogP contribution in [0.25, 0.3) is 0 Å². The lowest BCUT2D eigenvalue weighted by Gasteiger charge is -2.29. The summed E-state index contributed by atoms with van der Waals surface area (Å²) in [4.78, 5) is 12.4. The van der Waals surface area contributed by atoms with E-state index >= 15 is 0 Å². The third kappa shape index (κ3) is 4.34. The zero-order valence-corrected chi connectivity index (χ0v) is 13.3. The second-order valence-corrected chi connectivity index (χ2v) is 6.81. The number of hydrogen-bond acceptors (Lipinski definition) is 2. The van der Waals surface area contributed by atoms with Crippen molar-refractivity contribution in [2.45, 2.75) is 46.5 Å². The summed E-state index contributed by atoms with van der Waals surface area (Å²) < 4.78 is 0. The Morgan fingerprint density at radius 3 is 2.20 bits per heavy atom. The fraction of sp³-hybridized carbons (Fsp3) is 0.588. The van der Waals surface area contributed by atoms with Crippen molar-refractivity contribution in [3.8, 4) is 0 Å². The molecule has 3 nitrogen and oxygen atoms in total. The molecule has 0 fully saturated rings. The Bertz CT molecular complexity index is 447. The maximum absolute atomic E-state index is 12.4. The second kappa shape index (κ2) is 6.40. The number of benzene rings is 1. The summed E-state index contributed by atoms with van der Waals surface area (Å²) in [6.45, 7) is 10.7. The number of carbonyl (C=O) groups excluding carboxylic acids is 1. The lowest BCUT2D eigenvalue weighted by Crippen LogP contribution is -2.44. The van der Waals surface area contributed by atoms with Crippen molar-refractivity contribution < 1.29 is 9.90 Å². The summed E-state index contributed by atoms with van der Waals surface area (Å²) in [7, 11) is 0. The van der Waals surface area contributed by atoms with Crippen molar-refractivity contribution in [1.29, 1.82) is 0 Å². The molecule has 112 valence electrons. The topological polar surface area (TPSA) is 49.3 Å². The Balaban J connectivity index is 2.72. The standard InChI is InChI=1S/C17H27NO2/c1-13-6-8-14(9-7-13)17(4,5)15(20)18-12-16(2,3)10-11-19/h6-9,19H,10-12H2,1-5H3,(H,18,20). The van der Waals surface area contributed by atoms with Crippen molar-refractivity contribution in [2.24, 2.45) is 5.41 Å². The van der Waals surface area contributed by atoms with Gasteiger partial charge in [0.25, 0.3) is 0 Å². The molecule has 1 rings (SSSR count). The maximum Gasteiger partial charge on any atom is 0.230 e. The van der Waals surface area contributed by atoms with Crippen LogP contribution in [0.5, 0.6) is 0 Å². The molecule has 0 atom stereocenters. The fourth-order valence-electron chi connectivity index (χ4n) is 2.03. The molecule has 0 aliphatic carbocycles. The van der Waals surface area contributed by atoms with Crippen LogP contribution in [0.2, 0.25) is 0 Å². The van der Waals surface area contributed by atoms with Crippen LogP contribution >= 0.6 is 0 Å². The van der Waals surface area contributed by atoms with Crippen LogP contribution in [-0.2, 0) is 10.2 Å². The SMILES string of the molecule is Cc1ccc(C(C)(C)C(=O)NCC(C)(C)CCO)cc1. The van der Waals surface area contributed by atoms with Crippen LogP contribution in [0.3, 0.4) is 0 Å². The number of hydrogen-bond donors (Lipinski definition) is 2. The molecular formula is C17H27NO2. The molecule has 1 aromatic rings. The number of aryl methyl sites for hydroxylation is 1. The first-order valence-corrected chi connectivity index (χ1v) is 7.15. The second-order valence-electron chi connectivity index (χ2n) is 6.81. The summed E-state index contributed by atoms with van der Waals surface area (Å²) in [6.07, 6.45) is 0.679. The maximum atomic E-state index is 12.4. The van der Waals surface area contributed by atoms with Crippen molar-refractivity contribution in [3.63, 3.8) is 0 Å². The first-order valence-electron chi connectivity index (χ1n) is 7.15. The van der Waals surface area contributed by atoms with E-state index in [0.717, 1.165) is 5.56 Å². The summed E-state index contributed by atoms with van der Waals surface area (Å²) >= 11 is 0. The molecule has 1 aromatic carbocycles. The summed E-state index contributed by atoms with van der Waals surface area (Å²) in [5, 5.41) is 12.0. The molecule has 0 aliphatic heterocycles. The molecule has 0 radical (unpaired) electrons. The first-order chi connectivity index (χ1) is 9.19. The average molecular weight is 277 g/mol. The smallest absolute Gasteiger partial charge is 0.230 e. The van der Waals surface area contributed by atoms with Gasteiger partial charge in [0.05, 0.1) is 5.41 Å². The zero-order valence-electron chi connectivity index (χ0n) is 13.3. The molecule has 0 unspecified atom stereocenters. The summed E-state index contributed by atoms with van der Waals surface area (Å²) in [5.74, 6) is 0.0207. The van der Waals surface area contributed by atoms with Crippen LogP contribution in [-0.4, -0.2) is 24.2 Å². The monoisotopic (exact) mass is 277 g/mol. The highest BCUT2D eigenvalue weighted by Crippen LogP contribution is 2.25. The van der Waals surface area contributed by atoms with Crippen molar-refractivity contribution in [3.05, 3.63) is 35.4 Å². The molecule has 1 amide bonds. The number of aliphatic hydroxyl groups is 1. The first kappa shape index (κ1) is 16.7. The van der Waals surface area contributed by atoms with Gasteiger partial charge >= 0.3 is 0 Å². The van der Waals surface area contributed by atoms with Crippen LogP contribution in [0.4, 0.5) is 0 Å². The Hall–Kier alpha value is -1.35. The van der Waals surface area contributed by atoms with E-state index in [1.807, 2.05) is 58.9 Å². The molecule has 0 aromatic heterocycles. The predicted molar refractivity (Wildman–Crippen MR) is 82.7 cm³/mol. The van der Waals surface area contributed by atoms with Crippen LogP contribution in [0.1, 0.15) is 45.2 Å². The quantitative estimate of drug-likeness (QED) is 0.840. The van der Waals surface area contributed by atoms with Gasteiger partial charge < -0.3 is 10.4 Å². The van der Waals surface area contributed by atoms with Gasteiger partial charge in [0.2, 0.25) is 5.91 Å². The van der Waals surface area contributed by atoms with Crippen LogP contribution in [0, 0.1) is 12.3 Å². The van der Waals surface area contributed by atoms with E-state index in [9.17, 15) is 4.79 Å². The Morgan fingerprint density at radius 1 is 1.15 bits per heavy atom. The van der Waals surface area contributed by atoms with E-state index in [1.165, 1.54) is 5.56 Å². The van der Waals surface area contributed by atoms with E-state index in [1.54, 1.807) is 0 Å². The van der Waals surface area contributed by atoms with Crippen LogP contribution in [0.15, 0.2) is 24.3 Å². The molecule has 20 heavy (non-hydrogen) atoms. The van der Waals surface area contributed by atoms with E-state index in [-0.39, 0.29) is 17.9 Å². The number of nitrogens with one attached hydrogen (secondary N) is 1. The van der Waals surface area contributed by atoms with Gasteiger partial charge in [0, 0.05) is 13.2 Å². The largest absolute Gasteiger partial charge is 0.396 e. The number of rotatable bonds is 6. The Labute approximate surface area is 122 Å². The third-order valence-corrected chi connectivity index (χ3v) is 3.86. The molecule has 2 N–H and O–H groups in total. The van der Waals surface area contributed by atoms with E-state index < -0.39 is 5.41 Å². The van der Waals surface area contributed by atoms with Crippen molar-refractivity contribution in [1.82, 2.24) is 5.32 Å². The molecule has 0 aliphatic rings. The summed E-state index contributed by atoms with van der Waals surface area (Å²) in [5.41, 5.74) is 1.56. The minimum atomic E-state index is -0.553. The average Bonchev–Trinajstić information content (AvgIpc) is 2.36. The Morgan fingerprint density at radius 2 is 1.70 bits per heavy atom. The van der Waals surface area contributed by atoms with Gasteiger partial charge in [-0.3, -0.25) is 4.79 Å². The van der Waals surface area contributed by atoms with Gasteiger partial charge in [-0.2, -0.15) is 0 Å². The zero-order chi connectivity index (χ0) is 15.4. The lowest BCUT2D eigenvalue weighted by molar-refractivity contribution is -0.126. The number of carbonyl (C=O) groups is 1. The molecule has 0 heterocycles. The van der Waals surface area contributed by atoms with Gasteiger partial charge in [-0.05, 0) is 38.2 Å². The summed E-state index contributed by atoms with van der Waals surface area (Å²) in [6, 6.07) is 8.07. The highest BCUT2D eigenvalue weighted by Gasteiger charge is 2.30. The molecule has 0 saturated carbocycles. The van der Waals surface area contributed by atoms with Gasteiger partial charge in [0.15, 0.2) is 0 Å². The molecule has 0 spiro atoms. The Kier molecular flexibility index (Phi) is 5.35. The molecule has 0 bridgehead atoms. The lowest BCUT2D eigenvalue weighted by atomic mass is 9.82. The number of amides is 1. The van der Waals surface area contributed by atoms with Gasteiger partial charge in [0.1, 0.15) is 0 Å². The minimum Gasteiger partial charge on any atom is -0.396 e. The normalized spacial score (nSPS) is 12.3. The van der Waals surface area contributed by atoms with Gasteiger partial charge in [-0.15, -0.1) is 0 Å². The van der Waals surface area contributed by atoms with Gasteiger partial charge in [-0.1, -0.05) is 43.7 Å². The van der Waals surface area contributed by atoms with Crippen LogP contribution < -0.4 is 5.32 Å². The number of aliphatic hydroxyl groups excluding tert-OH is 1. The molecule has 3 heteroatoms. The fourth-order valence-corrected chi connectivity index (χ4v) is 2.03. The van der Waals surface area contributed by atoms with E-state index in [2.05, 4.69) is 5.32 Å². The predicted octanol–water partition coefficient (Wildman–Crippen LogP) is 2.80. The highest BCUT2D eigenvalue weighted by atomic mass is 16.3. The molecule has 0 saturated heterocycles. The highest BCUT2D eigenvalue weighted by molar-refractivity contribution is 5.87. The minimum absolute atomic E-state index is 0.0207. The van der Waals surface area contributed by atoms with E-state index in [4.69, 9.17) is 5.11 Å².